The van der Waals surface area contributed by atoms with Crippen LogP contribution in [0.2, 0.25) is 0 Å². The van der Waals surface area contributed by atoms with Gasteiger partial charge in [-0.2, -0.15) is 10.2 Å². The zero-order valence-electron chi connectivity index (χ0n) is 21.2. The molecular formula is C26H32N6O4. The first kappa shape index (κ1) is 22.9. The zero-order chi connectivity index (χ0) is 25.2. The summed E-state index contributed by atoms with van der Waals surface area (Å²) in [4.78, 5) is 26.6. The number of carbonyl (C=O) groups excluding carboxylic acids is 2. The van der Waals surface area contributed by atoms with Gasteiger partial charge in [0.15, 0.2) is 11.6 Å². The highest BCUT2D eigenvalue weighted by atomic mass is 16.6. The van der Waals surface area contributed by atoms with E-state index in [1.165, 1.54) is 0 Å². The van der Waals surface area contributed by atoms with Crippen LogP contribution in [-0.2, 0) is 16.6 Å². The fourth-order valence-corrected chi connectivity index (χ4v) is 5.00. The van der Waals surface area contributed by atoms with Crippen LogP contribution in [0.1, 0.15) is 46.5 Å². The fourth-order valence-electron chi connectivity index (χ4n) is 5.00. The van der Waals surface area contributed by atoms with E-state index in [0.717, 1.165) is 49.0 Å². The number of likely N-dealkylation sites (tertiary alicyclic amines) is 1. The predicted molar refractivity (Wildman–Crippen MR) is 133 cm³/mol. The number of hydrogen-bond acceptors (Lipinski definition) is 6. The Kier molecular flexibility index (Phi) is 5.07. The van der Waals surface area contributed by atoms with Gasteiger partial charge in [0.1, 0.15) is 17.9 Å². The molecule has 10 nitrogen and oxygen atoms in total. The van der Waals surface area contributed by atoms with Crippen LogP contribution in [0.4, 0.5) is 10.6 Å². The molecule has 36 heavy (non-hydrogen) atoms. The highest BCUT2D eigenvalue weighted by Crippen LogP contribution is 2.58. The van der Waals surface area contributed by atoms with Crippen molar-refractivity contribution in [2.24, 2.45) is 18.4 Å². The van der Waals surface area contributed by atoms with Crippen LogP contribution in [0.3, 0.4) is 0 Å². The number of rotatable bonds is 6. The lowest BCUT2D eigenvalue weighted by atomic mass is 9.86. The second kappa shape index (κ2) is 7.97. The summed E-state index contributed by atoms with van der Waals surface area (Å²) in [6.45, 7) is 6.77. The van der Waals surface area contributed by atoms with Crippen molar-refractivity contribution in [1.29, 1.82) is 0 Å². The average molecular weight is 493 g/mol. The molecule has 2 saturated carbocycles. The van der Waals surface area contributed by atoms with Crippen molar-refractivity contribution < 1.29 is 19.1 Å². The molecular weight excluding hydrogens is 460 g/mol. The van der Waals surface area contributed by atoms with Crippen molar-refractivity contribution in [3.05, 3.63) is 30.6 Å². The largest absolute Gasteiger partial charge is 0.487 e. The van der Waals surface area contributed by atoms with E-state index in [2.05, 4.69) is 15.5 Å². The van der Waals surface area contributed by atoms with Gasteiger partial charge in [0, 0.05) is 42.8 Å². The maximum atomic E-state index is 12.7. The van der Waals surface area contributed by atoms with E-state index in [1.807, 2.05) is 52.2 Å². The normalized spacial score (nSPS) is 20.3. The number of ether oxygens (including phenoxy) is 2. The molecule has 1 saturated heterocycles. The van der Waals surface area contributed by atoms with Gasteiger partial charge >= 0.3 is 6.09 Å². The molecule has 0 bridgehead atoms. The van der Waals surface area contributed by atoms with Crippen LogP contribution >= 0.6 is 0 Å². The molecule has 3 fully saturated rings. The number of fused-ring (bicyclic) bond motifs is 1. The first-order valence-electron chi connectivity index (χ1n) is 12.6. The van der Waals surface area contributed by atoms with Gasteiger partial charge in [-0.15, -0.1) is 0 Å². The molecule has 1 atom stereocenters. The molecule has 1 spiro atoms. The Labute approximate surface area is 209 Å². The van der Waals surface area contributed by atoms with Gasteiger partial charge in [0.05, 0.1) is 17.8 Å². The number of carbonyl (C=O) groups is 2. The van der Waals surface area contributed by atoms with Gasteiger partial charge in [0.2, 0.25) is 5.91 Å². The van der Waals surface area contributed by atoms with E-state index in [9.17, 15) is 9.59 Å². The molecule has 6 rings (SSSR count). The molecule has 1 aliphatic heterocycles. The molecule has 1 N–H and O–H groups in total. The van der Waals surface area contributed by atoms with Crippen molar-refractivity contribution in [3.63, 3.8) is 0 Å². The third-order valence-corrected chi connectivity index (χ3v) is 7.33. The number of aryl methyl sites for hydroxylation is 1. The number of anilines is 1. The van der Waals surface area contributed by atoms with Gasteiger partial charge in [-0.3, -0.25) is 9.48 Å². The summed E-state index contributed by atoms with van der Waals surface area (Å²) in [5, 5.41) is 11.8. The summed E-state index contributed by atoms with van der Waals surface area (Å²) in [6.07, 6.45) is 7.41. The van der Waals surface area contributed by atoms with Crippen LogP contribution in [-0.4, -0.2) is 61.1 Å². The maximum absolute atomic E-state index is 12.7. The minimum Gasteiger partial charge on any atom is -0.487 e. The van der Waals surface area contributed by atoms with Crippen LogP contribution < -0.4 is 10.1 Å². The highest BCUT2D eigenvalue weighted by molar-refractivity contribution is 5.93. The molecule has 190 valence electrons. The lowest BCUT2D eigenvalue weighted by Crippen LogP contribution is -2.63. The van der Waals surface area contributed by atoms with Crippen molar-refractivity contribution in [2.45, 2.75) is 58.1 Å². The van der Waals surface area contributed by atoms with Gasteiger partial charge in [0.25, 0.3) is 0 Å². The van der Waals surface area contributed by atoms with Crippen LogP contribution in [0, 0.1) is 11.3 Å². The minimum atomic E-state index is -0.530. The topological polar surface area (TPSA) is 103 Å². The third-order valence-electron chi connectivity index (χ3n) is 7.33. The third kappa shape index (κ3) is 4.18. The molecule has 10 heteroatoms. The van der Waals surface area contributed by atoms with Crippen LogP contribution in [0.5, 0.6) is 5.75 Å². The van der Waals surface area contributed by atoms with Gasteiger partial charge in [-0.1, -0.05) is 0 Å². The number of aromatic nitrogens is 4. The number of hydrogen-bond donors (Lipinski definition) is 1. The fraction of sp³-hybridized carbons (Fsp3) is 0.538. The number of nitrogens with one attached hydrogen (secondary N) is 1. The van der Waals surface area contributed by atoms with E-state index in [1.54, 1.807) is 20.3 Å². The SMILES string of the molecule is Cn1ncc(OC[C@@H]2N(C(=O)OC(C)(C)C)CC23CC3)c1-c1ccn2nc(NC(=O)C3CC3)cc2c1. The van der Waals surface area contributed by atoms with Gasteiger partial charge < -0.3 is 19.7 Å². The molecule has 0 aromatic carbocycles. The summed E-state index contributed by atoms with van der Waals surface area (Å²) in [5.41, 5.74) is 2.26. The number of pyridine rings is 1. The summed E-state index contributed by atoms with van der Waals surface area (Å²) >= 11 is 0. The van der Waals surface area contributed by atoms with Crippen molar-refractivity contribution in [1.82, 2.24) is 24.3 Å². The average Bonchev–Trinajstić information content (AvgIpc) is 3.70. The Hall–Kier alpha value is -3.56. The molecule has 2 amide bonds. The summed E-state index contributed by atoms with van der Waals surface area (Å²) in [5.74, 6) is 1.37. The van der Waals surface area contributed by atoms with Gasteiger partial charge in [-0.05, 0) is 58.6 Å². The maximum Gasteiger partial charge on any atom is 0.410 e. The molecule has 2 aliphatic carbocycles. The number of amides is 2. The Morgan fingerprint density at radius 2 is 2.00 bits per heavy atom. The molecule has 0 radical (unpaired) electrons. The molecule has 4 heterocycles. The Balaban J connectivity index is 1.19. The Morgan fingerprint density at radius 1 is 1.22 bits per heavy atom. The lowest BCUT2D eigenvalue weighted by Gasteiger charge is -2.48. The standard InChI is InChI=1S/C26H32N6O4/c1-25(2,3)36-24(34)31-15-26(8-9-26)20(31)14-35-19-13-27-30(4)22(19)17-7-10-32-18(11-17)12-21(29-32)28-23(33)16-5-6-16/h7,10-13,16,20H,5-6,8-9,14-15H2,1-4H3,(H,28,29,33)/t20-/m0/s1. The monoisotopic (exact) mass is 492 g/mol. The first-order chi connectivity index (χ1) is 17.1. The molecule has 3 aromatic rings. The predicted octanol–water partition coefficient (Wildman–Crippen LogP) is 3.86. The van der Waals surface area contributed by atoms with E-state index in [4.69, 9.17) is 9.47 Å². The minimum absolute atomic E-state index is 0.00430. The summed E-state index contributed by atoms with van der Waals surface area (Å²) in [6, 6.07) is 5.82. The second-order valence-electron chi connectivity index (χ2n) is 11.4. The van der Waals surface area contributed by atoms with E-state index < -0.39 is 5.60 Å². The van der Waals surface area contributed by atoms with Crippen molar-refractivity contribution in [2.75, 3.05) is 18.5 Å². The smallest absolute Gasteiger partial charge is 0.410 e. The van der Waals surface area contributed by atoms with Crippen LogP contribution in [0.25, 0.3) is 16.8 Å². The quantitative estimate of drug-likeness (QED) is 0.561. The van der Waals surface area contributed by atoms with Crippen molar-refractivity contribution in [3.8, 4) is 17.0 Å². The number of nitrogens with zero attached hydrogens (tertiary/aromatic N) is 5. The summed E-state index contributed by atoms with van der Waals surface area (Å²) in [7, 11) is 1.88. The van der Waals surface area contributed by atoms with E-state index >= 15 is 0 Å². The van der Waals surface area contributed by atoms with Crippen molar-refractivity contribution >= 4 is 23.3 Å². The Morgan fingerprint density at radius 3 is 2.69 bits per heavy atom. The summed E-state index contributed by atoms with van der Waals surface area (Å²) < 4.78 is 15.4. The molecule has 3 aromatic heterocycles. The second-order valence-corrected chi connectivity index (χ2v) is 11.4. The van der Waals surface area contributed by atoms with Crippen LogP contribution in [0.15, 0.2) is 30.6 Å². The first-order valence-corrected chi connectivity index (χ1v) is 12.6. The highest BCUT2D eigenvalue weighted by Gasteiger charge is 2.62. The Bertz CT molecular complexity index is 1340. The van der Waals surface area contributed by atoms with E-state index in [-0.39, 0.29) is 29.4 Å². The molecule has 0 unspecified atom stereocenters. The molecule has 3 aliphatic rings. The zero-order valence-corrected chi connectivity index (χ0v) is 21.2. The van der Waals surface area contributed by atoms with Gasteiger partial charge in [-0.25, -0.2) is 9.31 Å². The van der Waals surface area contributed by atoms with E-state index in [0.29, 0.717) is 18.2 Å². The lowest BCUT2D eigenvalue weighted by molar-refractivity contribution is -0.117.